The lowest BCUT2D eigenvalue weighted by molar-refractivity contribution is -0.384. The number of ether oxygens (including phenoxy) is 1. The summed E-state index contributed by atoms with van der Waals surface area (Å²) < 4.78 is 5.55. The van der Waals surface area contributed by atoms with Gasteiger partial charge in [0.1, 0.15) is 5.75 Å². The molecule has 2 aromatic rings. The SMILES string of the molecule is CC(=O)c1ccnc(Oc2ccc([N+](=O)[O-])cc2C)c1. The quantitative estimate of drug-likeness (QED) is 0.484. The Morgan fingerprint density at radius 2 is 2.05 bits per heavy atom. The van der Waals surface area contributed by atoms with Crippen molar-refractivity contribution < 1.29 is 14.5 Å². The van der Waals surface area contributed by atoms with Crippen molar-refractivity contribution in [1.29, 1.82) is 0 Å². The molecule has 0 aliphatic rings. The van der Waals surface area contributed by atoms with Gasteiger partial charge in [0.15, 0.2) is 5.78 Å². The number of aryl methyl sites for hydroxylation is 1. The van der Waals surface area contributed by atoms with Crippen LogP contribution in [0.15, 0.2) is 36.5 Å². The predicted molar refractivity (Wildman–Crippen MR) is 72.1 cm³/mol. The number of hydrogen-bond donors (Lipinski definition) is 0. The third-order valence-corrected chi connectivity index (χ3v) is 2.73. The van der Waals surface area contributed by atoms with E-state index >= 15 is 0 Å². The van der Waals surface area contributed by atoms with Gasteiger partial charge in [-0.1, -0.05) is 0 Å². The molecule has 0 saturated heterocycles. The second-order valence-corrected chi connectivity index (χ2v) is 4.25. The minimum Gasteiger partial charge on any atom is -0.439 e. The van der Waals surface area contributed by atoms with Crippen molar-refractivity contribution in [2.75, 3.05) is 0 Å². The van der Waals surface area contributed by atoms with Gasteiger partial charge in [0.25, 0.3) is 5.69 Å². The van der Waals surface area contributed by atoms with Crippen LogP contribution in [0.3, 0.4) is 0 Å². The minimum absolute atomic E-state index is 0.000274. The maximum absolute atomic E-state index is 11.3. The van der Waals surface area contributed by atoms with E-state index in [-0.39, 0.29) is 17.4 Å². The van der Waals surface area contributed by atoms with Gasteiger partial charge in [-0.25, -0.2) is 4.98 Å². The summed E-state index contributed by atoms with van der Waals surface area (Å²) in [5.41, 5.74) is 1.11. The van der Waals surface area contributed by atoms with Crippen molar-refractivity contribution in [3.8, 4) is 11.6 Å². The first-order valence-electron chi connectivity index (χ1n) is 5.87. The highest BCUT2D eigenvalue weighted by Crippen LogP contribution is 2.27. The lowest BCUT2D eigenvalue weighted by Crippen LogP contribution is -1.96. The van der Waals surface area contributed by atoms with Crippen LogP contribution in [0.5, 0.6) is 11.6 Å². The van der Waals surface area contributed by atoms with Gasteiger partial charge in [0, 0.05) is 30.0 Å². The fourth-order valence-corrected chi connectivity index (χ4v) is 1.66. The number of Topliss-reactive ketones (excluding diaryl/α,β-unsaturated/α-hetero) is 1. The molecule has 1 aromatic heterocycles. The third kappa shape index (κ3) is 2.97. The summed E-state index contributed by atoms with van der Waals surface area (Å²) in [5.74, 6) is 0.649. The number of ketones is 1. The van der Waals surface area contributed by atoms with Crippen molar-refractivity contribution >= 4 is 11.5 Å². The van der Waals surface area contributed by atoms with Crippen LogP contribution in [-0.4, -0.2) is 15.7 Å². The van der Waals surface area contributed by atoms with E-state index in [1.54, 1.807) is 13.0 Å². The molecule has 1 heterocycles. The third-order valence-electron chi connectivity index (χ3n) is 2.73. The molecule has 0 aliphatic carbocycles. The minimum atomic E-state index is -0.467. The summed E-state index contributed by atoms with van der Waals surface area (Å²) in [4.78, 5) is 25.5. The van der Waals surface area contributed by atoms with Crippen molar-refractivity contribution in [1.82, 2.24) is 4.98 Å². The highest BCUT2D eigenvalue weighted by atomic mass is 16.6. The molecule has 6 heteroatoms. The number of nitrogens with zero attached hydrogens (tertiary/aromatic N) is 2. The highest BCUT2D eigenvalue weighted by Gasteiger charge is 2.10. The van der Waals surface area contributed by atoms with E-state index in [1.807, 2.05) is 0 Å². The number of nitro groups is 1. The van der Waals surface area contributed by atoms with E-state index in [1.165, 1.54) is 37.4 Å². The summed E-state index contributed by atoms with van der Waals surface area (Å²) in [6.07, 6.45) is 1.48. The van der Waals surface area contributed by atoms with Crippen LogP contribution >= 0.6 is 0 Å². The molecule has 20 heavy (non-hydrogen) atoms. The van der Waals surface area contributed by atoms with Crippen molar-refractivity contribution in [3.63, 3.8) is 0 Å². The smallest absolute Gasteiger partial charge is 0.269 e. The Hall–Kier alpha value is -2.76. The van der Waals surface area contributed by atoms with Crippen LogP contribution in [-0.2, 0) is 0 Å². The van der Waals surface area contributed by atoms with Crippen molar-refractivity contribution in [3.05, 3.63) is 57.8 Å². The van der Waals surface area contributed by atoms with E-state index < -0.39 is 4.92 Å². The van der Waals surface area contributed by atoms with Crippen LogP contribution in [0.2, 0.25) is 0 Å². The van der Waals surface area contributed by atoms with Gasteiger partial charge in [-0.15, -0.1) is 0 Å². The van der Waals surface area contributed by atoms with Gasteiger partial charge < -0.3 is 4.74 Å². The number of rotatable bonds is 4. The summed E-state index contributed by atoms with van der Waals surface area (Å²) in [6, 6.07) is 7.41. The Bertz CT molecular complexity index is 683. The van der Waals surface area contributed by atoms with E-state index in [4.69, 9.17) is 4.74 Å². The maximum Gasteiger partial charge on any atom is 0.269 e. The molecule has 0 N–H and O–H groups in total. The van der Waals surface area contributed by atoms with Crippen molar-refractivity contribution in [2.24, 2.45) is 0 Å². The largest absolute Gasteiger partial charge is 0.439 e. The molecular formula is C14H12N2O4. The molecule has 0 atom stereocenters. The Balaban J connectivity index is 2.28. The fourth-order valence-electron chi connectivity index (χ4n) is 1.66. The number of pyridine rings is 1. The van der Waals surface area contributed by atoms with Gasteiger partial charge in [-0.2, -0.15) is 0 Å². The average Bonchev–Trinajstić information content (AvgIpc) is 2.41. The van der Waals surface area contributed by atoms with Gasteiger partial charge in [-0.3, -0.25) is 14.9 Å². The van der Waals surface area contributed by atoms with Gasteiger partial charge in [-0.05, 0) is 31.5 Å². The topological polar surface area (TPSA) is 82.3 Å². The summed E-state index contributed by atoms with van der Waals surface area (Å²) >= 11 is 0. The lowest BCUT2D eigenvalue weighted by atomic mass is 10.2. The van der Waals surface area contributed by atoms with Crippen LogP contribution in [0.4, 0.5) is 5.69 Å². The van der Waals surface area contributed by atoms with E-state index in [0.29, 0.717) is 16.9 Å². The number of carbonyl (C=O) groups is 1. The van der Waals surface area contributed by atoms with E-state index in [0.717, 1.165) is 0 Å². The second kappa shape index (κ2) is 5.48. The number of nitro benzene ring substituents is 1. The molecule has 6 nitrogen and oxygen atoms in total. The first kappa shape index (κ1) is 13.7. The summed E-state index contributed by atoms with van der Waals surface area (Å²) in [6.45, 7) is 3.16. The molecular weight excluding hydrogens is 260 g/mol. The second-order valence-electron chi connectivity index (χ2n) is 4.25. The Morgan fingerprint density at radius 3 is 2.65 bits per heavy atom. The average molecular weight is 272 g/mol. The zero-order valence-corrected chi connectivity index (χ0v) is 11.0. The lowest BCUT2D eigenvalue weighted by Gasteiger charge is -2.08. The fraction of sp³-hybridized carbons (Fsp3) is 0.143. The zero-order valence-electron chi connectivity index (χ0n) is 11.0. The maximum atomic E-state index is 11.3. The molecule has 0 fully saturated rings. The Morgan fingerprint density at radius 1 is 1.30 bits per heavy atom. The van der Waals surface area contributed by atoms with Crippen LogP contribution in [0.25, 0.3) is 0 Å². The first-order valence-corrected chi connectivity index (χ1v) is 5.87. The van der Waals surface area contributed by atoms with Gasteiger partial charge in [0.2, 0.25) is 5.88 Å². The molecule has 102 valence electrons. The van der Waals surface area contributed by atoms with Gasteiger partial charge >= 0.3 is 0 Å². The standard InChI is InChI=1S/C14H12N2O4/c1-9-7-12(16(18)19)3-4-13(9)20-14-8-11(10(2)17)5-6-15-14/h3-8H,1-2H3. The number of carbonyl (C=O) groups excluding carboxylic acids is 1. The Labute approximate surface area is 115 Å². The molecule has 0 amide bonds. The molecule has 2 rings (SSSR count). The number of aromatic nitrogens is 1. The Kier molecular flexibility index (Phi) is 3.74. The van der Waals surface area contributed by atoms with Crippen LogP contribution in [0, 0.1) is 17.0 Å². The molecule has 0 spiro atoms. The summed E-state index contributed by atoms with van der Waals surface area (Å²) in [7, 11) is 0. The number of benzene rings is 1. The molecule has 1 aromatic carbocycles. The van der Waals surface area contributed by atoms with Crippen molar-refractivity contribution in [2.45, 2.75) is 13.8 Å². The number of non-ortho nitro benzene ring substituents is 1. The molecule has 0 saturated carbocycles. The van der Waals surface area contributed by atoms with E-state index in [9.17, 15) is 14.9 Å². The van der Waals surface area contributed by atoms with Gasteiger partial charge in [0.05, 0.1) is 4.92 Å². The van der Waals surface area contributed by atoms with E-state index in [2.05, 4.69) is 4.98 Å². The number of hydrogen-bond acceptors (Lipinski definition) is 5. The summed E-state index contributed by atoms with van der Waals surface area (Å²) in [5, 5.41) is 10.7. The molecule has 0 aliphatic heterocycles. The van der Waals surface area contributed by atoms with Crippen LogP contribution < -0.4 is 4.74 Å². The first-order chi connectivity index (χ1) is 9.47. The van der Waals surface area contributed by atoms with Crippen LogP contribution in [0.1, 0.15) is 22.8 Å². The molecule has 0 bridgehead atoms. The molecule has 0 unspecified atom stereocenters. The normalized spacial score (nSPS) is 10.1. The molecule has 0 radical (unpaired) electrons. The monoisotopic (exact) mass is 272 g/mol. The zero-order chi connectivity index (χ0) is 14.7. The highest BCUT2D eigenvalue weighted by molar-refractivity contribution is 5.94. The predicted octanol–water partition coefficient (Wildman–Crippen LogP) is 3.29.